The van der Waals surface area contributed by atoms with Gasteiger partial charge in [0.2, 0.25) is 0 Å². The van der Waals surface area contributed by atoms with E-state index in [1.807, 2.05) is 0 Å². The number of hydrogen-bond acceptors (Lipinski definition) is 2. The van der Waals surface area contributed by atoms with Crippen molar-refractivity contribution in [3.8, 4) is 0 Å². The molecule has 0 atom stereocenters. The van der Waals surface area contributed by atoms with Gasteiger partial charge in [-0.25, -0.2) is 0 Å². The molecule has 1 fully saturated rings. The molecule has 1 aliphatic heterocycles. The molecule has 1 saturated heterocycles. The molecule has 5 radical (unpaired) electrons. The molecule has 12 heavy (non-hydrogen) atoms. The van der Waals surface area contributed by atoms with Crippen molar-refractivity contribution in [1.29, 1.82) is 0 Å². The van der Waals surface area contributed by atoms with Crippen LogP contribution in [0.25, 0.3) is 10.4 Å². The Bertz CT molecular complexity index is 142. The molecule has 0 bridgehead atoms. The second-order valence-electron chi connectivity index (χ2n) is 2.38. The maximum absolute atomic E-state index is 8.06. The predicted octanol–water partition coefficient (Wildman–Crippen LogP) is -0.0937. The maximum Gasteiger partial charge on any atom is 0.0398 e. The second kappa shape index (κ2) is 8.56. The Morgan fingerprint density at radius 1 is 1.42 bits per heavy atom. The lowest BCUT2D eigenvalue weighted by molar-refractivity contribution is 0.457. The van der Waals surface area contributed by atoms with Crippen molar-refractivity contribution in [2.45, 2.75) is 18.9 Å². The molecule has 7 heteroatoms. The first-order valence-corrected chi connectivity index (χ1v) is 3.85. The summed E-state index contributed by atoms with van der Waals surface area (Å²) >= 11 is 0. The predicted molar refractivity (Wildman–Crippen MR) is 52.3 cm³/mol. The van der Waals surface area contributed by atoms with Crippen LogP contribution >= 0.6 is 0 Å². The summed E-state index contributed by atoms with van der Waals surface area (Å²) in [6, 6.07) is 0.247. The quantitative estimate of drug-likeness (QED) is 0.247. The van der Waals surface area contributed by atoms with Gasteiger partial charge >= 0.3 is 0 Å². The van der Waals surface area contributed by atoms with Gasteiger partial charge in [-0.15, -0.1) is 0 Å². The van der Waals surface area contributed by atoms with Crippen molar-refractivity contribution < 1.29 is 0 Å². The van der Waals surface area contributed by atoms with E-state index in [9.17, 15) is 0 Å². The van der Waals surface area contributed by atoms with Gasteiger partial charge in [-0.05, 0) is 31.5 Å². The van der Waals surface area contributed by atoms with E-state index in [0.29, 0.717) is 0 Å². The summed E-state index contributed by atoms with van der Waals surface area (Å²) in [6.07, 6.45) is 1.98. The van der Waals surface area contributed by atoms with Gasteiger partial charge in [0, 0.05) is 33.5 Å². The molecule has 59 valence electrons. The third kappa shape index (κ3) is 6.19. The smallest absolute Gasteiger partial charge is 0.0398 e. The normalized spacial score (nSPS) is 16.7. The van der Waals surface area contributed by atoms with Crippen LogP contribution in [0, 0.1) is 0 Å². The Kier molecular flexibility index (Phi) is 8.18. The minimum atomic E-state index is 0.247. The van der Waals surface area contributed by atoms with E-state index in [1.165, 1.54) is 0 Å². The summed E-state index contributed by atoms with van der Waals surface area (Å²) in [7, 11) is 10.0. The Labute approximate surface area is 76.1 Å². The van der Waals surface area contributed by atoms with Crippen molar-refractivity contribution in [3.63, 3.8) is 0 Å². The van der Waals surface area contributed by atoms with E-state index in [-0.39, 0.29) is 6.04 Å². The van der Waals surface area contributed by atoms with Gasteiger partial charge in [0.25, 0.3) is 0 Å². The summed E-state index contributed by atoms with van der Waals surface area (Å²) in [5, 5.41) is 6.81. The van der Waals surface area contributed by atoms with Crippen LogP contribution in [0.4, 0.5) is 0 Å². The number of hydrogen-bond donors (Lipinski definition) is 1. The van der Waals surface area contributed by atoms with Crippen LogP contribution in [0.2, 0.25) is 0 Å². The van der Waals surface area contributed by atoms with Crippen LogP contribution in [0.15, 0.2) is 5.11 Å². The van der Waals surface area contributed by atoms with Gasteiger partial charge in [-0.3, -0.25) is 0 Å². The van der Waals surface area contributed by atoms with Crippen LogP contribution in [0.5, 0.6) is 0 Å². The van der Waals surface area contributed by atoms with E-state index < -0.39 is 0 Å². The van der Waals surface area contributed by atoms with Gasteiger partial charge in [0.05, 0.1) is 0 Å². The number of nitrogens with one attached hydrogen (secondary N) is 1. The molecular weight excluding hydrogens is 149 g/mol. The van der Waals surface area contributed by atoms with Gasteiger partial charge < -0.3 is 5.32 Å². The van der Waals surface area contributed by atoms with Crippen LogP contribution < -0.4 is 5.32 Å². The van der Waals surface area contributed by atoms with E-state index in [2.05, 4.69) is 30.8 Å². The minimum Gasteiger partial charge on any atom is -0.317 e. The van der Waals surface area contributed by atoms with Gasteiger partial charge in [0.15, 0.2) is 0 Å². The van der Waals surface area contributed by atoms with E-state index in [4.69, 9.17) is 5.53 Å². The van der Waals surface area contributed by atoms with Crippen molar-refractivity contribution >= 4 is 22.5 Å². The zero-order valence-corrected chi connectivity index (χ0v) is 6.98. The topological polar surface area (TPSA) is 60.8 Å². The zero-order valence-electron chi connectivity index (χ0n) is 6.98. The summed E-state index contributed by atoms with van der Waals surface area (Å²) in [5.74, 6) is 0. The fraction of sp³-hybridized carbons (Fsp3) is 1.00. The molecule has 0 saturated carbocycles. The summed E-state index contributed by atoms with van der Waals surface area (Å²) in [4.78, 5) is 2.76. The third-order valence-electron chi connectivity index (χ3n) is 1.52. The highest BCUT2D eigenvalue weighted by molar-refractivity contribution is 7.17. The molecule has 0 aliphatic carbocycles. The lowest BCUT2D eigenvalue weighted by Gasteiger charge is -2.16. The summed E-state index contributed by atoms with van der Waals surface area (Å²) in [6.45, 7) is 1.98. The average molecular weight is 159 g/mol. The minimum absolute atomic E-state index is 0.247. The molecule has 1 aliphatic rings. The number of azide groups is 1. The monoisotopic (exact) mass is 159 g/mol. The summed E-state index contributed by atoms with van der Waals surface area (Å²) < 4.78 is 0. The molecule has 1 rings (SSSR count). The number of piperidine rings is 1. The van der Waals surface area contributed by atoms with E-state index in [1.54, 1.807) is 0 Å². The standard InChI is InChI=1S/C5H10N4.B3/c6-9-8-5-1-3-7-4-2-5;1-3-2/h5,7H,1-4H2;. The first-order valence-electron chi connectivity index (χ1n) is 3.85. The van der Waals surface area contributed by atoms with Crippen LogP contribution in [0.3, 0.4) is 0 Å². The number of nitrogens with zero attached hydrogens (tertiary/aromatic N) is 3. The second-order valence-corrected chi connectivity index (χ2v) is 2.38. The van der Waals surface area contributed by atoms with E-state index >= 15 is 0 Å². The first kappa shape index (κ1) is 11.5. The first-order chi connectivity index (χ1) is 5.85. The zero-order chi connectivity index (χ0) is 9.23. The van der Waals surface area contributed by atoms with Crippen molar-refractivity contribution in [3.05, 3.63) is 10.4 Å². The highest BCUT2D eigenvalue weighted by Crippen LogP contribution is 2.05. The average Bonchev–Trinajstić information content (AvgIpc) is 2.08. The van der Waals surface area contributed by atoms with Crippen LogP contribution in [0.1, 0.15) is 12.8 Å². The Morgan fingerprint density at radius 2 is 1.92 bits per heavy atom. The highest BCUT2D eigenvalue weighted by atomic mass is 15.2. The molecule has 0 aromatic carbocycles. The number of rotatable bonds is 1. The largest absolute Gasteiger partial charge is 0.317 e. The molecular formula is C5H10B3N4. The van der Waals surface area contributed by atoms with Gasteiger partial charge in [0.1, 0.15) is 0 Å². The Hall–Kier alpha value is -0.535. The molecule has 0 aromatic rings. The fourth-order valence-electron chi connectivity index (χ4n) is 0.995. The van der Waals surface area contributed by atoms with Crippen molar-refractivity contribution in [2.24, 2.45) is 5.11 Å². The Balaban J connectivity index is 0.000000354. The summed E-state index contributed by atoms with van der Waals surface area (Å²) in [5.41, 5.74) is 8.06. The van der Waals surface area contributed by atoms with Gasteiger partial charge in [-0.1, -0.05) is 5.11 Å². The molecule has 0 spiro atoms. The highest BCUT2D eigenvalue weighted by Gasteiger charge is 2.09. The molecule has 0 amide bonds. The lowest BCUT2D eigenvalue weighted by atomic mass is 9.40. The molecule has 4 nitrogen and oxygen atoms in total. The molecule has 1 heterocycles. The Morgan fingerprint density at radius 3 is 2.33 bits per heavy atom. The van der Waals surface area contributed by atoms with Crippen LogP contribution in [-0.4, -0.2) is 41.7 Å². The van der Waals surface area contributed by atoms with Crippen molar-refractivity contribution in [2.75, 3.05) is 13.1 Å². The fourth-order valence-corrected chi connectivity index (χ4v) is 0.995. The molecule has 0 aromatic heterocycles. The third-order valence-corrected chi connectivity index (χ3v) is 1.52. The lowest BCUT2D eigenvalue weighted by Crippen LogP contribution is -2.29. The van der Waals surface area contributed by atoms with Gasteiger partial charge in [-0.2, -0.15) is 0 Å². The SMILES string of the molecule is [B][B][B].[N-]=[N+]=NC1CCNCC1. The van der Waals surface area contributed by atoms with E-state index in [0.717, 1.165) is 33.0 Å². The van der Waals surface area contributed by atoms with Crippen LogP contribution in [-0.2, 0) is 0 Å². The molecule has 1 N–H and O–H groups in total. The van der Waals surface area contributed by atoms with Crippen molar-refractivity contribution in [1.82, 2.24) is 5.32 Å². The maximum atomic E-state index is 8.06. The molecule has 0 unspecified atom stereocenters.